The van der Waals surface area contributed by atoms with Crippen LogP contribution in [0.25, 0.3) is 0 Å². The van der Waals surface area contributed by atoms with Gasteiger partial charge in [-0.2, -0.15) is 0 Å². The van der Waals surface area contributed by atoms with Crippen molar-refractivity contribution in [2.75, 3.05) is 12.3 Å². The first kappa shape index (κ1) is 9.95. The number of rotatable bonds is 3. The van der Waals surface area contributed by atoms with Crippen molar-refractivity contribution < 1.29 is 9.50 Å². The van der Waals surface area contributed by atoms with E-state index in [2.05, 4.69) is 0 Å². The molecule has 5 N–H and O–H groups in total. The number of hydrogen-bond acceptors (Lipinski definition) is 3. The molecule has 1 aromatic rings. The third-order valence-electron chi connectivity index (χ3n) is 1.89. The van der Waals surface area contributed by atoms with Crippen LogP contribution in [0.5, 0.6) is 0 Å². The van der Waals surface area contributed by atoms with Crippen LogP contribution < -0.4 is 11.5 Å². The van der Waals surface area contributed by atoms with Crippen molar-refractivity contribution in [2.24, 2.45) is 5.73 Å². The van der Waals surface area contributed by atoms with Crippen molar-refractivity contribution in [1.29, 1.82) is 0 Å². The summed E-state index contributed by atoms with van der Waals surface area (Å²) < 4.78 is 12.9. The predicted octanol–water partition coefficient (Wildman–Crippen LogP) is 0.790. The molecule has 0 aliphatic rings. The fraction of sp³-hybridized carbons (Fsp3) is 0.333. The van der Waals surface area contributed by atoms with E-state index in [1.807, 2.05) is 0 Å². The summed E-state index contributed by atoms with van der Waals surface area (Å²) in [6, 6.07) is 4.11. The molecule has 1 rings (SSSR count). The maximum atomic E-state index is 12.9. The van der Waals surface area contributed by atoms with Gasteiger partial charge in [-0.1, -0.05) is 6.07 Å². The third-order valence-corrected chi connectivity index (χ3v) is 1.89. The van der Waals surface area contributed by atoms with E-state index in [9.17, 15) is 4.39 Å². The fourth-order valence-electron chi connectivity index (χ4n) is 1.08. The largest absolute Gasteiger partial charge is 0.396 e. The van der Waals surface area contributed by atoms with E-state index < -0.39 is 5.82 Å². The fourth-order valence-corrected chi connectivity index (χ4v) is 1.08. The summed E-state index contributed by atoms with van der Waals surface area (Å²) in [6.07, 6.45) is 0.420. The first-order valence-corrected chi connectivity index (χ1v) is 4.06. The Labute approximate surface area is 76.2 Å². The number of benzene rings is 1. The minimum atomic E-state index is -0.467. The molecule has 0 saturated heterocycles. The maximum Gasteiger partial charge on any atom is 0.146 e. The molecule has 0 unspecified atom stereocenters. The molecule has 0 saturated carbocycles. The van der Waals surface area contributed by atoms with Gasteiger partial charge in [-0.05, 0) is 24.1 Å². The second-order valence-corrected chi connectivity index (χ2v) is 2.90. The lowest BCUT2D eigenvalue weighted by molar-refractivity contribution is 0.276. The normalized spacial score (nSPS) is 12.8. The Hall–Kier alpha value is -1.13. The van der Waals surface area contributed by atoms with Crippen molar-refractivity contribution in [3.8, 4) is 0 Å². The topological polar surface area (TPSA) is 72.3 Å². The zero-order valence-electron chi connectivity index (χ0n) is 7.20. The van der Waals surface area contributed by atoms with Crippen LogP contribution in [-0.2, 0) is 0 Å². The molecule has 0 fully saturated rings. The number of aliphatic hydroxyl groups excluding tert-OH is 1. The lowest BCUT2D eigenvalue weighted by atomic mass is 10.0. The Kier molecular flexibility index (Phi) is 3.22. The van der Waals surface area contributed by atoms with Gasteiger partial charge in [0.2, 0.25) is 0 Å². The highest BCUT2D eigenvalue weighted by Gasteiger charge is 2.07. The smallest absolute Gasteiger partial charge is 0.146 e. The number of nitrogen functional groups attached to an aromatic ring is 1. The highest BCUT2D eigenvalue weighted by molar-refractivity contribution is 5.41. The third kappa shape index (κ3) is 2.40. The molecule has 72 valence electrons. The average molecular weight is 184 g/mol. The summed E-state index contributed by atoms with van der Waals surface area (Å²) in [7, 11) is 0. The number of anilines is 1. The van der Waals surface area contributed by atoms with Crippen LogP contribution in [0, 0.1) is 5.82 Å². The first-order valence-electron chi connectivity index (χ1n) is 4.06. The minimum absolute atomic E-state index is 0.00678. The summed E-state index contributed by atoms with van der Waals surface area (Å²) in [5.74, 6) is -0.467. The lowest BCUT2D eigenvalue weighted by Gasteiger charge is -2.10. The summed E-state index contributed by atoms with van der Waals surface area (Å²) in [4.78, 5) is 0. The molecule has 13 heavy (non-hydrogen) atoms. The number of hydrogen-bond donors (Lipinski definition) is 3. The van der Waals surface area contributed by atoms with Crippen LogP contribution in [-0.4, -0.2) is 11.7 Å². The van der Waals surface area contributed by atoms with Gasteiger partial charge in [-0.15, -0.1) is 0 Å². The van der Waals surface area contributed by atoms with Crippen molar-refractivity contribution in [3.05, 3.63) is 29.6 Å². The van der Waals surface area contributed by atoms with Gasteiger partial charge in [0, 0.05) is 12.6 Å². The highest BCUT2D eigenvalue weighted by Crippen LogP contribution is 2.18. The second kappa shape index (κ2) is 4.20. The molecule has 4 heteroatoms. The van der Waals surface area contributed by atoms with Crippen LogP contribution in [0.2, 0.25) is 0 Å². The van der Waals surface area contributed by atoms with E-state index in [0.29, 0.717) is 12.0 Å². The lowest BCUT2D eigenvalue weighted by Crippen LogP contribution is -2.12. The van der Waals surface area contributed by atoms with E-state index in [-0.39, 0.29) is 18.3 Å². The van der Waals surface area contributed by atoms with Gasteiger partial charge in [-0.25, -0.2) is 4.39 Å². The molecule has 1 aromatic carbocycles. The van der Waals surface area contributed by atoms with Gasteiger partial charge in [-0.3, -0.25) is 0 Å². The Balaban J connectivity index is 2.84. The quantitative estimate of drug-likeness (QED) is 0.608. The van der Waals surface area contributed by atoms with Crippen LogP contribution in [0.3, 0.4) is 0 Å². The van der Waals surface area contributed by atoms with Crippen molar-refractivity contribution in [3.63, 3.8) is 0 Å². The molecule has 0 spiro atoms. The van der Waals surface area contributed by atoms with Crippen LogP contribution in [0.1, 0.15) is 18.0 Å². The summed E-state index contributed by atoms with van der Waals surface area (Å²) in [5, 5.41) is 8.62. The zero-order valence-corrected chi connectivity index (χ0v) is 7.20. The van der Waals surface area contributed by atoms with E-state index in [1.165, 1.54) is 12.1 Å². The van der Waals surface area contributed by atoms with E-state index in [0.717, 1.165) is 0 Å². The van der Waals surface area contributed by atoms with Gasteiger partial charge in [0.05, 0.1) is 5.69 Å². The number of halogens is 1. The van der Waals surface area contributed by atoms with Crippen LogP contribution >= 0.6 is 0 Å². The minimum Gasteiger partial charge on any atom is -0.396 e. The summed E-state index contributed by atoms with van der Waals surface area (Å²) >= 11 is 0. The SMILES string of the molecule is Nc1ccc([C@@H](N)CCO)cc1F. The molecule has 0 heterocycles. The Morgan fingerprint density at radius 1 is 1.46 bits per heavy atom. The first-order chi connectivity index (χ1) is 6.15. The molecule has 0 radical (unpaired) electrons. The molecule has 0 bridgehead atoms. The van der Waals surface area contributed by atoms with E-state index in [1.54, 1.807) is 6.07 Å². The number of nitrogens with two attached hydrogens (primary N) is 2. The average Bonchev–Trinajstić information content (AvgIpc) is 2.10. The van der Waals surface area contributed by atoms with E-state index >= 15 is 0 Å². The highest BCUT2D eigenvalue weighted by atomic mass is 19.1. The predicted molar refractivity (Wildman–Crippen MR) is 49.4 cm³/mol. The van der Waals surface area contributed by atoms with Crippen molar-refractivity contribution in [1.82, 2.24) is 0 Å². The molecule has 0 aliphatic carbocycles. The Bertz CT molecular complexity index is 291. The van der Waals surface area contributed by atoms with Crippen LogP contribution in [0.15, 0.2) is 18.2 Å². The summed E-state index contributed by atoms with van der Waals surface area (Å²) in [6.45, 7) is -0.00678. The van der Waals surface area contributed by atoms with Crippen LogP contribution in [0.4, 0.5) is 10.1 Å². The molecule has 0 amide bonds. The maximum absolute atomic E-state index is 12.9. The van der Waals surface area contributed by atoms with E-state index in [4.69, 9.17) is 16.6 Å². The standard InChI is InChI=1S/C9H13FN2O/c10-7-5-6(1-2-9(7)12)8(11)3-4-13/h1-2,5,8,13H,3-4,11-12H2/t8-/m0/s1. The van der Waals surface area contributed by atoms with Gasteiger partial charge in [0.1, 0.15) is 5.82 Å². The summed E-state index contributed by atoms with van der Waals surface area (Å²) in [5.41, 5.74) is 11.7. The van der Waals surface area contributed by atoms with Gasteiger partial charge >= 0.3 is 0 Å². The second-order valence-electron chi connectivity index (χ2n) is 2.90. The van der Waals surface area contributed by atoms with Crippen molar-refractivity contribution >= 4 is 5.69 Å². The van der Waals surface area contributed by atoms with Gasteiger partial charge in [0.25, 0.3) is 0 Å². The molecular weight excluding hydrogens is 171 g/mol. The van der Waals surface area contributed by atoms with Gasteiger partial charge in [0.15, 0.2) is 0 Å². The Morgan fingerprint density at radius 2 is 2.15 bits per heavy atom. The monoisotopic (exact) mass is 184 g/mol. The van der Waals surface area contributed by atoms with Crippen molar-refractivity contribution in [2.45, 2.75) is 12.5 Å². The Morgan fingerprint density at radius 3 is 2.69 bits per heavy atom. The van der Waals surface area contributed by atoms with Gasteiger partial charge < -0.3 is 16.6 Å². The number of aliphatic hydroxyl groups is 1. The molecule has 0 aromatic heterocycles. The molecular formula is C9H13FN2O. The molecule has 1 atom stereocenters. The molecule has 0 aliphatic heterocycles. The zero-order chi connectivity index (χ0) is 9.84. The molecule has 3 nitrogen and oxygen atoms in total.